The molecule has 3 rings (SSSR count). The first kappa shape index (κ1) is 16.4. The quantitative estimate of drug-likeness (QED) is 0.829. The third-order valence-corrected chi connectivity index (χ3v) is 4.38. The molecule has 1 fully saturated rings. The maximum absolute atomic E-state index is 12.0. The predicted molar refractivity (Wildman–Crippen MR) is 85.4 cm³/mol. The molecule has 0 bridgehead atoms. The predicted octanol–water partition coefficient (Wildman–Crippen LogP) is 2.45. The van der Waals surface area contributed by atoms with Crippen LogP contribution in [0.25, 0.3) is 11.4 Å². The number of hydrogen-bond donors (Lipinski definition) is 2. The minimum Gasteiger partial charge on any atom is -0.480 e. The second-order valence-electron chi connectivity index (χ2n) is 5.81. The molecule has 8 heteroatoms. The first-order chi connectivity index (χ1) is 11.5. The molecule has 1 aliphatic rings. The van der Waals surface area contributed by atoms with E-state index < -0.39 is 11.5 Å². The second-order valence-corrected chi connectivity index (χ2v) is 6.24. The van der Waals surface area contributed by atoms with Gasteiger partial charge in [-0.05, 0) is 43.5 Å². The molecule has 1 amide bonds. The third kappa shape index (κ3) is 3.41. The minimum atomic E-state index is -1.10. The molecule has 0 unspecified atom stereocenters. The highest BCUT2D eigenvalue weighted by atomic mass is 35.5. The van der Waals surface area contributed by atoms with Crippen LogP contribution < -0.4 is 5.32 Å². The molecule has 1 aromatic heterocycles. The number of aliphatic carboxylic acids is 1. The number of hydrogen-bond acceptors (Lipinski definition) is 5. The molecule has 24 heavy (non-hydrogen) atoms. The first-order valence-electron chi connectivity index (χ1n) is 7.61. The summed E-state index contributed by atoms with van der Waals surface area (Å²) < 4.78 is 5.13. The summed E-state index contributed by atoms with van der Waals surface area (Å²) in [5.41, 5.74) is -0.335. The van der Waals surface area contributed by atoms with Crippen LogP contribution in [0.5, 0.6) is 0 Å². The molecule has 0 spiro atoms. The number of carboxylic acid groups (broad SMARTS) is 1. The van der Waals surface area contributed by atoms with E-state index in [1.807, 2.05) is 0 Å². The van der Waals surface area contributed by atoms with Crippen molar-refractivity contribution in [2.24, 2.45) is 0 Å². The summed E-state index contributed by atoms with van der Waals surface area (Å²) in [4.78, 5) is 27.4. The SMILES string of the molecule is O=C(CCc1nc(-c2ccc(Cl)cc2)no1)NC1(C(=O)O)CCC1. The second kappa shape index (κ2) is 6.60. The van der Waals surface area contributed by atoms with Crippen LogP contribution >= 0.6 is 11.6 Å². The van der Waals surface area contributed by atoms with Crippen LogP contribution in [-0.4, -0.2) is 32.7 Å². The first-order valence-corrected chi connectivity index (χ1v) is 7.99. The lowest BCUT2D eigenvalue weighted by Gasteiger charge is -2.38. The molecule has 0 radical (unpaired) electrons. The fraction of sp³-hybridized carbons (Fsp3) is 0.375. The van der Waals surface area contributed by atoms with E-state index >= 15 is 0 Å². The summed E-state index contributed by atoms with van der Waals surface area (Å²) >= 11 is 5.83. The Morgan fingerprint density at radius 2 is 2.00 bits per heavy atom. The molecule has 126 valence electrons. The van der Waals surface area contributed by atoms with Crippen molar-refractivity contribution in [1.82, 2.24) is 15.5 Å². The van der Waals surface area contributed by atoms with Gasteiger partial charge in [-0.1, -0.05) is 16.8 Å². The molecular weight excluding hydrogens is 334 g/mol. The van der Waals surface area contributed by atoms with Gasteiger partial charge in [-0.15, -0.1) is 0 Å². The zero-order chi connectivity index (χ0) is 17.2. The fourth-order valence-electron chi connectivity index (χ4n) is 2.55. The molecule has 0 atom stereocenters. The maximum Gasteiger partial charge on any atom is 0.329 e. The van der Waals surface area contributed by atoms with Gasteiger partial charge in [0.2, 0.25) is 17.6 Å². The third-order valence-electron chi connectivity index (χ3n) is 4.13. The van der Waals surface area contributed by atoms with Gasteiger partial charge in [0.15, 0.2) is 0 Å². The van der Waals surface area contributed by atoms with E-state index in [1.54, 1.807) is 24.3 Å². The molecular formula is C16H16ClN3O4. The van der Waals surface area contributed by atoms with Crippen molar-refractivity contribution in [3.8, 4) is 11.4 Å². The number of carboxylic acids is 1. The molecule has 0 saturated heterocycles. The number of rotatable bonds is 6. The van der Waals surface area contributed by atoms with Gasteiger partial charge in [0.1, 0.15) is 5.54 Å². The number of nitrogens with zero attached hydrogens (tertiary/aromatic N) is 2. The normalized spacial score (nSPS) is 15.5. The Balaban J connectivity index is 1.56. The van der Waals surface area contributed by atoms with Gasteiger partial charge in [0, 0.05) is 23.4 Å². The average molecular weight is 350 g/mol. The zero-order valence-corrected chi connectivity index (χ0v) is 13.5. The van der Waals surface area contributed by atoms with Crippen LogP contribution in [0.1, 0.15) is 31.6 Å². The van der Waals surface area contributed by atoms with E-state index in [0.717, 1.165) is 12.0 Å². The van der Waals surface area contributed by atoms with Gasteiger partial charge >= 0.3 is 5.97 Å². The molecule has 2 N–H and O–H groups in total. The van der Waals surface area contributed by atoms with Crippen LogP contribution in [-0.2, 0) is 16.0 Å². The minimum absolute atomic E-state index is 0.0945. The number of carbonyl (C=O) groups excluding carboxylic acids is 1. The Morgan fingerprint density at radius 1 is 1.29 bits per heavy atom. The number of aryl methyl sites for hydroxylation is 1. The lowest BCUT2D eigenvalue weighted by molar-refractivity contribution is -0.151. The van der Waals surface area contributed by atoms with Crippen LogP contribution in [0.15, 0.2) is 28.8 Å². The van der Waals surface area contributed by atoms with Gasteiger partial charge in [0.05, 0.1) is 0 Å². The Kier molecular flexibility index (Phi) is 4.53. The standard InChI is InChI=1S/C16H16ClN3O4/c17-11-4-2-10(3-5-11)14-18-13(24-20-14)7-6-12(21)19-16(15(22)23)8-1-9-16/h2-5H,1,6-9H2,(H,19,21)(H,22,23). The zero-order valence-electron chi connectivity index (χ0n) is 12.8. The van der Waals surface area contributed by atoms with Crippen molar-refractivity contribution in [2.75, 3.05) is 0 Å². The summed E-state index contributed by atoms with van der Waals surface area (Å²) in [5.74, 6) is -0.565. The summed E-state index contributed by atoms with van der Waals surface area (Å²) in [7, 11) is 0. The van der Waals surface area contributed by atoms with Gasteiger partial charge in [-0.2, -0.15) is 4.98 Å². The van der Waals surface area contributed by atoms with Crippen molar-refractivity contribution in [2.45, 2.75) is 37.6 Å². The highest BCUT2D eigenvalue weighted by Crippen LogP contribution is 2.32. The topological polar surface area (TPSA) is 105 Å². The monoisotopic (exact) mass is 349 g/mol. The maximum atomic E-state index is 12.0. The number of nitrogens with one attached hydrogen (secondary N) is 1. The summed E-state index contributed by atoms with van der Waals surface area (Å²) in [6.45, 7) is 0. The molecule has 1 heterocycles. The summed E-state index contributed by atoms with van der Waals surface area (Å²) in [6, 6.07) is 7.00. The van der Waals surface area contributed by atoms with E-state index in [9.17, 15) is 14.7 Å². The Bertz CT molecular complexity index is 753. The van der Waals surface area contributed by atoms with Crippen LogP contribution in [0.3, 0.4) is 0 Å². The van der Waals surface area contributed by atoms with Crippen LogP contribution in [0, 0.1) is 0 Å². The van der Waals surface area contributed by atoms with Gasteiger partial charge in [0.25, 0.3) is 0 Å². The van der Waals surface area contributed by atoms with Crippen molar-refractivity contribution in [3.63, 3.8) is 0 Å². The lowest BCUT2D eigenvalue weighted by atomic mass is 9.76. The number of amides is 1. The van der Waals surface area contributed by atoms with Crippen molar-refractivity contribution in [3.05, 3.63) is 35.2 Å². The molecule has 1 aliphatic carbocycles. The Labute approximate surface area is 143 Å². The number of aromatic nitrogens is 2. The number of benzene rings is 1. The molecule has 1 saturated carbocycles. The van der Waals surface area contributed by atoms with E-state index in [4.69, 9.17) is 16.1 Å². The van der Waals surface area contributed by atoms with Crippen LogP contribution in [0.2, 0.25) is 5.02 Å². The lowest BCUT2D eigenvalue weighted by Crippen LogP contribution is -2.59. The molecule has 7 nitrogen and oxygen atoms in total. The summed E-state index contributed by atoms with van der Waals surface area (Å²) in [6.07, 6.45) is 2.09. The van der Waals surface area contributed by atoms with Crippen LogP contribution in [0.4, 0.5) is 0 Å². The highest BCUT2D eigenvalue weighted by Gasteiger charge is 2.45. The average Bonchev–Trinajstić information content (AvgIpc) is 2.98. The van der Waals surface area contributed by atoms with E-state index in [2.05, 4.69) is 15.5 Å². The Hall–Kier alpha value is -2.41. The summed E-state index contributed by atoms with van der Waals surface area (Å²) in [5, 5.41) is 16.3. The van der Waals surface area contributed by atoms with Gasteiger partial charge in [-0.3, -0.25) is 4.79 Å². The number of halogens is 1. The highest BCUT2D eigenvalue weighted by molar-refractivity contribution is 6.30. The molecule has 2 aromatic rings. The van der Waals surface area contributed by atoms with Gasteiger partial charge in [-0.25, -0.2) is 4.79 Å². The van der Waals surface area contributed by atoms with Gasteiger partial charge < -0.3 is 14.9 Å². The number of carbonyl (C=O) groups is 2. The Morgan fingerprint density at radius 3 is 2.58 bits per heavy atom. The molecule has 1 aromatic carbocycles. The van der Waals surface area contributed by atoms with E-state index in [1.165, 1.54) is 0 Å². The van der Waals surface area contributed by atoms with Crippen molar-refractivity contribution < 1.29 is 19.2 Å². The van der Waals surface area contributed by atoms with Crippen molar-refractivity contribution >= 4 is 23.5 Å². The molecule has 0 aliphatic heterocycles. The van der Waals surface area contributed by atoms with Crippen molar-refractivity contribution in [1.29, 1.82) is 0 Å². The smallest absolute Gasteiger partial charge is 0.329 e. The largest absolute Gasteiger partial charge is 0.480 e. The fourth-order valence-corrected chi connectivity index (χ4v) is 2.67. The van der Waals surface area contributed by atoms with E-state index in [-0.39, 0.29) is 18.7 Å². The van der Waals surface area contributed by atoms with E-state index in [0.29, 0.717) is 29.6 Å².